The van der Waals surface area contributed by atoms with Crippen molar-refractivity contribution in [2.75, 3.05) is 5.32 Å². The molecule has 0 aliphatic heterocycles. The van der Waals surface area contributed by atoms with Crippen molar-refractivity contribution in [2.24, 2.45) is 0 Å². The van der Waals surface area contributed by atoms with Gasteiger partial charge in [-0.1, -0.05) is 28.1 Å². The topological polar surface area (TPSA) is 24.9 Å². The summed E-state index contributed by atoms with van der Waals surface area (Å²) in [7, 11) is 0. The largest absolute Gasteiger partial charge is 0.416 e. The van der Waals surface area contributed by atoms with E-state index in [-0.39, 0.29) is 0 Å². The van der Waals surface area contributed by atoms with Gasteiger partial charge in [-0.2, -0.15) is 13.2 Å². The molecule has 118 valence electrons. The second kappa shape index (κ2) is 5.85. The van der Waals surface area contributed by atoms with Crippen molar-refractivity contribution in [1.29, 1.82) is 0 Å². The summed E-state index contributed by atoms with van der Waals surface area (Å²) < 4.78 is 39.5. The first-order chi connectivity index (χ1) is 10.8. The summed E-state index contributed by atoms with van der Waals surface area (Å²) in [5.74, 6) is 0. The molecule has 1 aromatic heterocycles. The van der Waals surface area contributed by atoms with Gasteiger partial charge in [-0.15, -0.1) is 0 Å². The Bertz CT molecular complexity index is 875. The molecule has 2 nitrogen and oxygen atoms in total. The highest BCUT2D eigenvalue weighted by Crippen LogP contribution is 2.34. The van der Waals surface area contributed by atoms with Gasteiger partial charge in [-0.25, -0.2) is 0 Å². The van der Waals surface area contributed by atoms with E-state index >= 15 is 0 Å². The number of halogens is 4. The zero-order valence-electron chi connectivity index (χ0n) is 12.1. The SMILES string of the molecule is Cc1cc(Nc2cccc(Br)c2)c2ccc(C(F)(F)F)cc2n1. The van der Waals surface area contributed by atoms with Crippen LogP contribution in [-0.2, 0) is 6.18 Å². The van der Waals surface area contributed by atoms with Gasteiger partial charge in [0.2, 0.25) is 0 Å². The molecule has 3 aromatic rings. The van der Waals surface area contributed by atoms with Gasteiger partial charge >= 0.3 is 6.18 Å². The van der Waals surface area contributed by atoms with Crippen LogP contribution in [0.4, 0.5) is 24.5 Å². The molecule has 0 spiro atoms. The molecule has 0 saturated heterocycles. The Morgan fingerprint density at radius 3 is 2.52 bits per heavy atom. The second-order valence-electron chi connectivity index (χ2n) is 5.18. The number of nitrogens with zero attached hydrogens (tertiary/aromatic N) is 1. The number of aryl methyl sites for hydroxylation is 1. The fourth-order valence-electron chi connectivity index (χ4n) is 2.36. The molecule has 23 heavy (non-hydrogen) atoms. The standard InChI is InChI=1S/C17H12BrF3N2/c1-10-7-15(23-13-4-2-3-12(18)9-13)14-6-5-11(17(19,20)21)8-16(14)22-10/h2-9H,1H3,(H,22,23). The smallest absolute Gasteiger partial charge is 0.355 e. The van der Waals surface area contributed by atoms with E-state index in [1.54, 1.807) is 6.92 Å². The van der Waals surface area contributed by atoms with Gasteiger partial charge in [0.15, 0.2) is 0 Å². The third-order valence-electron chi connectivity index (χ3n) is 3.37. The number of anilines is 2. The lowest BCUT2D eigenvalue weighted by Gasteiger charge is -2.13. The molecule has 0 aliphatic rings. The number of hydrogen-bond acceptors (Lipinski definition) is 2. The fourth-order valence-corrected chi connectivity index (χ4v) is 2.76. The van der Waals surface area contributed by atoms with Crippen LogP contribution in [0.1, 0.15) is 11.3 Å². The maximum Gasteiger partial charge on any atom is 0.416 e. The molecule has 1 N–H and O–H groups in total. The predicted molar refractivity (Wildman–Crippen MR) is 88.9 cm³/mol. The maximum absolute atomic E-state index is 12.9. The third kappa shape index (κ3) is 3.47. The molecule has 0 amide bonds. The van der Waals surface area contributed by atoms with Crippen molar-refractivity contribution in [1.82, 2.24) is 4.98 Å². The summed E-state index contributed by atoms with van der Waals surface area (Å²) in [5.41, 5.74) is 1.83. The number of pyridine rings is 1. The summed E-state index contributed by atoms with van der Waals surface area (Å²) >= 11 is 3.39. The third-order valence-corrected chi connectivity index (χ3v) is 3.86. The van der Waals surface area contributed by atoms with E-state index in [2.05, 4.69) is 26.2 Å². The lowest BCUT2D eigenvalue weighted by Crippen LogP contribution is -2.05. The molecule has 0 atom stereocenters. The number of nitrogens with one attached hydrogen (secondary N) is 1. The molecule has 0 unspecified atom stereocenters. The van der Waals surface area contributed by atoms with Crippen LogP contribution in [0.2, 0.25) is 0 Å². The van der Waals surface area contributed by atoms with Crippen molar-refractivity contribution in [3.63, 3.8) is 0 Å². The molecule has 1 heterocycles. The molecule has 0 aliphatic carbocycles. The molecule has 0 radical (unpaired) electrons. The molecule has 6 heteroatoms. The number of fused-ring (bicyclic) bond motifs is 1. The van der Waals surface area contributed by atoms with Crippen LogP contribution in [0.3, 0.4) is 0 Å². The lowest BCUT2D eigenvalue weighted by molar-refractivity contribution is -0.137. The number of aromatic nitrogens is 1. The van der Waals surface area contributed by atoms with Gasteiger partial charge in [0, 0.05) is 26.9 Å². The summed E-state index contributed by atoms with van der Waals surface area (Å²) in [5, 5.41) is 3.88. The van der Waals surface area contributed by atoms with Gasteiger partial charge in [0.25, 0.3) is 0 Å². The molecule has 0 fully saturated rings. The quantitative estimate of drug-likeness (QED) is 0.583. The van der Waals surface area contributed by atoms with Crippen LogP contribution in [0.15, 0.2) is 53.0 Å². The minimum atomic E-state index is -4.38. The number of rotatable bonds is 2. The van der Waals surface area contributed by atoms with Crippen LogP contribution < -0.4 is 5.32 Å². The van der Waals surface area contributed by atoms with E-state index < -0.39 is 11.7 Å². The summed E-state index contributed by atoms with van der Waals surface area (Å²) in [6.07, 6.45) is -4.38. The zero-order valence-corrected chi connectivity index (χ0v) is 13.7. The predicted octanol–water partition coefficient (Wildman–Crippen LogP) is 6.07. The van der Waals surface area contributed by atoms with Gasteiger partial charge in [0.1, 0.15) is 0 Å². The normalized spacial score (nSPS) is 11.7. The minimum Gasteiger partial charge on any atom is -0.355 e. The summed E-state index contributed by atoms with van der Waals surface area (Å²) in [4.78, 5) is 4.22. The first-order valence-corrected chi connectivity index (χ1v) is 7.63. The Morgan fingerprint density at radius 1 is 1.04 bits per heavy atom. The van der Waals surface area contributed by atoms with Crippen molar-refractivity contribution in [2.45, 2.75) is 13.1 Å². The van der Waals surface area contributed by atoms with E-state index in [1.165, 1.54) is 6.07 Å². The summed E-state index contributed by atoms with van der Waals surface area (Å²) in [6, 6.07) is 13.0. The fraction of sp³-hybridized carbons (Fsp3) is 0.118. The Balaban J connectivity index is 2.10. The first-order valence-electron chi connectivity index (χ1n) is 6.84. The molecule has 0 bridgehead atoms. The van der Waals surface area contributed by atoms with Crippen molar-refractivity contribution >= 4 is 38.2 Å². The monoisotopic (exact) mass is 380 g/mol. The molecular formula is C17H12BrF3N2. The van der Waals surface area contributed by atoms with Crippen LogP contribution in [0.5, 0.6) is 0 Å². The Kier molecular flexibility index (Phi) is 4.02. The van der Waals surface area contributed by atoms with Crippen molar-refractivity contribution in [3.05, 3.63) is 64.3 Å². The van der Waals surface area contributed by atoms with Crippen LogP contribution in [-0.4, -0.2) is 4.98 Å². The lowest BCUT2D eigenvalue weighted by atomic mass is 10.1. The van der Waals surface area contributed by atoms with E-state index in [4.69, 9.17) is 0 Å². The average Bonchev–Trinajstić information content (AvgIpc) is 2.45. The molecule has 2 aromatic carbocycles. The number of hydrogen-bond donors (Lipinski definition) is 1. The Hall–Kier alpha value is -2.08. The molecule has 3 rings (SSSR count). The van der Waals surface area contributed by atoms with Crippen molar-refractivity contribution < 1.29 is 13.2 Å². The van der Waals surface area contributed by atoms with Gasteiger partial charge < -0.3 is 5.32 Å². The van der Waals surface area contributed by atoms with Gasteiger partial charge in [-0.05, 0) is 43.3 Å². The second-order valence-corrected chi connectivity index (χ2v) is 6.09. The first kappa shape index (κ1) is 15.8. The number of benzene rings is 2. The van der Waals surface area contributed by atoms with E-state index in [9.17, 15) is 13.2 Å². The van der Waals surface area contributed by atoms with Crippen molar-refractivity contribution in [3.8, 4) is 0 Å². The Morgan fingerprint density at radius 2 is 1.83 bits per heavy atom. The highest BCUT2D eigenvalue weighted by atomic mass is 79.9. The van der Waals surface area contributed by atoms with Crippen LogP contribution in [0, 0.1) is 6.92 Å². The van der Waals surface area contributed by atoms with E-state index in [0.29, 0.717) is 16.6 Å². The number of alkyl halides is 3. The van der Waals surface area contributed by atoms with Crippen LogP contribution in [0.25, 0.3) is 10.9 Å². The Labute approximate surface area is 139 Å². The van der Waals surface area contributed by atoms with E-state index in [1.807, 2.05) is 30.3 Å². The van der Waals surface area contributed by atoms with Gasteiger partial charge in [0.05, 0.1) is 11.1 Å². The molecular weight excluding hydrogens is 369 g/mol. The highest BCUT2D eigenvalue weighted by molar-refractivity contribution is 9.10. The zero-order chi connectivity index (χ0) is 16.6. The van der Waals surface area contributed by atoms with E-state index in [0.717, 1.165) is 28.0 Å². The highest BCUT2D eigenvalue weighted by Gasteiger charge is 2.30. The van der Waals surface area contributed by atoms with Gasteiger partial charge in [-0.3, -0.25) is 4.98 Å². The van der Waals surface area contributed by atoms with Crippen LogP contribution >= 0.6 is 15.9 Å². The minimum absolute atomic E-state index is 0.317. The maximum atomic E-state index is 12.9. The summed E-state index contributed by atoms with van der Waals surface area (Å²) in [6.45, 7) is 1.76. The molecule has 0 saturated carbocycles. The average molecular weight is 381 g/mol.